The summed E-state index contributed by atoms with van der Waals surface area (Å²) in [5.41, 5.74) is 3.19. The predicted molar refractivity (Wildman–Crippen MR) is 126 cm³/mol. The quantitative estimate of drug-likeness (QED) is 0.439. The maximum Gasteiger partial charge on any atom is 0.226 e. The molecule has 0 fully saturated rings. The Bertz CT molecular complexity index is 1030. The molecule has 4 heteroatoms. The van der Waals surface area contributed by atoms with Crippen LogP contribution in [0.1, 0.15) is 53.7 Å². The van der Waals surface area contributed by atoms with Crippen LogP contribution >= 0.6 is 0 Å². The molecule has 32 heavy (non-hydrogen) atoms. The van der Waals surface area contributed by atoms with E-state index in [9.17, 15) is 14.0 Å². The molecule has 2 unspecified atom stereocenters. The maximum atomic E-state index is 13.2. The molecule has 0 aliphatic rings. The molecule has 0 saturated heterocycles. The van der Waals surface area contributed by atoms with E-state index in [1.165, 1.54) is 12.1 Å². The van der Waals surface area contributed by atoms with E-state index >= 15 is 0 Å². The zero-order valence-electron chi connectivity index (χ0n) is 18.8. The van der Waals surface area contributed by atoms with Crippen LogP contribution in [0.3, 0.4) is 0 Å². The highest BCUT2D eigenvalue weighted by atomic mass is 19.1. The fourth-order valence-electron chi connectivity index (χ4n) is 3.97. The minimum absolute atomic E-state index is 0.0356. The van der Waals surface area contributed by atoms with Gasteiger partial charge in [0, 0.05) is 22.9 Å². The molecule has 0 spiro atoms. The van der Waals surface area contributed by atoms with E-state index in [-0.39, 0.29) is 23.7 Å². The molecule has 0 bridgehead atoms. The zero-order valence-corrected chi connectivity index (χ0v) is 18.8. The molecule has 166 valence electrons. The van der Waals surface area contributed by atoms with E-state index in [1.54, 1.807) is 12.1 Å². The van der Waals surface area contributed by atoms with Gasteiger partial charge in [0.2, 0.25) is 5.91 Å². The summed E-state index contributed by atoms with van der Waals surface area (Å²) in [5.74, 6) is -0.244. The highest BCUT2D eigenvalue weighted by Crippen LogP contribution is 2.27. The summed E-state index contributed by atoms with van der Waals surface area (Å²) >= 11 is 0. The van der Waals surface area contributed by atoms with Crippen molar-refractivity contribution >= 4 is 12.2 Å². The lowest BCUT2D eigenvalue weighted by Crippen LogP contribution is -2.45. The molecule has 3 aromatic rings. The van der Waals surface area contributed by atoms with Crippen LogP contribution in [0.15, 0.2) is 78.9 Å². The van der Waals surface area contributed by atoms with Crippen molar-refractivity contribution in [2.24, 2.45) is 5.41 Å². The molecular formula is C28H30FNO2. The van der Waals surface area contributed by atoms with Crippen molar-refractivity contribution in [1.82, 2.24) is 5.32 Å². The molecular weight excluding hydrogens is 401 g/mol. The van der Waals surface area contributed by atoms with Crippen LogP contribution < -0.4 is 5.32 Å². The summed E-state index contributed by atoms with van der Waals surface area (Å²) < 4.78 is 13.2. The lowest BCUT2D eigenvalue weighted by molar-refractivity contribution is -0.130. The van der Waals surface area contributed by atoms with Crippen molar-refractivity contribution < 1.29 is 14.0 Å². The monoisotopic (exact) mass is 431 g/mol. The van der Waals surface area contributed by atoms with Crippen LogP contribution in [0.2, 0.25) is 0 Å². The summed E-state index contributed by atoms with van der Waals surface area (Å²) in [6.45, 7) is 5.85. The molecule has 3 rings (SSSR count). The van der Waals surface area contributed by atoms with Crippen molar-refractivity contribution in [3.8, 4) is 0 Å². The average molecular weight is 432 g/mol. The molecule has 1 amide bonds. The van der Waals surface area contributed by atoms with Gasteiger partial charge in [0.15, 0.2) is 0 Å². The molecule has 1 N–H and O–H groups in total. The van der Waals surface area contributed by atoms with Crippen LogP contribution in [0, 0.1) is 11.2 Å². The largest absolute Gasteiger partial charge is 0.353 e. The highest BCUT2D eigenvalue weighted by Gasteiger charge is 2.31. The Morgan fingerprint density at radius 3 is 2.12 bits per heavy atom. The molecule has 3 nitrogen and oxygen atoms in total. The third-order valence-electron chi connectivity index (χ3n) is 5.94. The Balaban J connectivity index is 1.75. The summed E-state index contributed by atoms with van der Waals surface area (Å²) in [6.07, 6.45) is 2.10. The Hall–Kier alpha value is -3.27. The first-order chi connectivity index (χ1) is 15.3. The number of aldehydes is 1. The van der Waals surface area contributed by atoms with Crippen molar-refractivity contribution in [1.29, 1.82) is 0 Å². The predicted octanol–water partition coefficient (Wildman–Crippen LogP) is 5.74. The molecule has 0 radical (unpaired) electrons. The van der Waals surface area contributed by atoms with E-state index in [0.717, 1.165) is 29.4 Å². The number of benzene rings is 3. The second-order valence-electron chi connectivity index (χ2n) is 9.03. The summed E-state index contributed by atoms with van der Waals surface area (Å²) in [4.78, 5) is 24.2. The average Bonchev–Trinajstić information content (AvgIpc) is 2.79. The smallest absolute Gasteiger partial charge is 0.226 e. The number of amides is 1. The molecule has 0 aliphatic heterocycles. The SMILES string of the molecule is CC(NC(=O)C(C)(C)Cc1ccc(F)cc1)C(Cc1ccc(C=O)cc1)c1ccccc1. The number of carbonyl (C=O) groups excluding carboxylic acids is 2. The van der Waals surface area contributed by atoms with Crippen molar-refractivity contribution in [3.63, 3.8) is 0 Å². The Labute approximate surface area is 189 Å². The van der Waals surface area contributed by atoms with Gasteiger partial charge in [-0.3, -0.25) is 9.59 Å². The van der Waals surface area contributed by atoms with Crippen molar-refractivity contribution in [3.05, 3.63) is 107 Å². The Morgan fingerprint density at radius 1 is 0.938 bits per heavy atom. The minimum Gasteiger partial charge on any atom is -0.353 e. The first-order valence-electron chi connectivity index (χ1n) is 10.9. The van der Waals surface area contributed by atoms with Crippen molar-refractivity contribution in [2.45, 2.75) is 45.6 Å². The first kappa shape index (κ1) is 23.4. The number of carbonyl (C=O) groups is 2. The summed E-state index contributed by atoms with van der Waals surface area (Å²) in [6, 6.07) is 23.9. The Morgan fingerprint density at radius 2 is 1.53 bits per heavy atom. The molecule has 0 aliphatic carbocycles. The lowest BCUT2D eigenvalue weighted by atomic mass is 9.82. The standard InChI is InChI=1S/C28H30FNO2/c1-20(30-27(32)28(2,3)18-22-13-15-25(29)16-14-22)26(24-7-5-4-6-8-24)17-21-9-11-23(19-31)12-10-21/h4-16,19-20,26H,17-18H2,1-3H3,(H,30,32). The zero-order chi connectivity index (χ0) is 23.1. The third-order valence-corrected chi connectivity index (χ3v) is 5.94. The van der Waals surface area contributed by atoms with Gasteiger partial charge >= 0.3 is 0 Å². The van der Waals surface area contributed by atoms with E-state index in [0.29, 0.717) is 12.0 Å². The maximum absolute atomic E-state index is 13.2. The second kappa shape index (κ2) is 10.4. The third kappa shape index (κ3) is 6.13. The van der Waals surface area contributed by atoms with Crippen LogP contribution in [0.4, 0.5) is 4.39 Å². The van der Waals surface area contributed by atoms with Crippen LogP contribution in [0.25, 0.3) is 0 Å². The van der Waals surface area contributed by atoms with E-state index in [1.807, 2.05) is 63.2 Å². The van der Waals surface area contributed by atoms with Gasteiger partial charge in [0.05, 0.1) is 0 Å². The topological polar surface area (TPSA) is 46.2 Å². The van der Waals surface area contributed by atoms with Gasteiger partial charge in [-0.15, -0.1) is 0 Å². The van der Waals surface area contributed by atoms with Gasteiger partial charge in [-0.25, -0.2) is 4.39 Å². The van der Waals surface area contributed by atoms with E-state index < -0.39 is 5.41 Å². The first-order valence-corrected chi connectivity index (χ1v) is 10.9. The lowest BCUT2D eigenvalue weighted by Gasteiger charge is -2.30. The molecule has 2 atom stereocenters. The van der Waals surface area contributed by atoms with Gasteiger partial charge < -0.3 is 5.32 Å². The Kier molecular flexibility index (Phi) is 7.57. The fraction of sp³-hybridized carbons (Fsp3) is 0.286. The van der Waals surface area contributed by atoms with Gasteiger partial charge in [0.25, 0.3) is 0 Å². The molecule has 0 aromatic heterocycles. The van der Waals surface area contributed by atoms with Crippen LogP contribution in [0.5, 0.6) is 0 Å². The number of hydrogen-bond acceptors (Lipinski definition) is 2. The summed E-state index contributed by atoms with van der Waals surface area (Å²) in [7, 11) is 0. The number of nitrogens with one attached hydrogen (secondary N) is 1. The number of rotatable bonds is 9. The normalized spacial score (nSPS) is 13.2. The molecule has 0 saturated carbocycles. The van der Waals surface area contributed by atoms with Crippen LogP contribution in [-0.2, 0) is 17.6 Å². The molecule has 3 aromatic carbocycles. The van der Waals surface area contributed by atoms with Gasteiger partial charge in [-0.1, -0.05) is 80.6 Å². The molecule has 0 heterocycles. The number of halogens is 1. The highest BCUT2D eigenvalue weighted by molar-refractivity contribution is 5.82. The van der Waals surface area contributed by atoms with Gasteiger partial charge in [0.1, 0.15) is 12.1 Å². The van der Waals surface area contributed by atoms with Gasteiger partial charge in [-0.05, 0) is 48.6 Å². The second-order valence-corrected chi connectivity index (χ2v) is 9.03. The van der Waals surface area contributed by atoms with Crippen LogP contribution in [-0.4, -0.2) is 18.2 Å². The summed E-state index contributed by atoms with van der Waals surface area (Å²) in [5, 5.41) is 3.22. The van der Waals surface area contributed by atoms with E-state index in [4.69, 9.17) is 0 Å². The minimum atomic E-state index is -0.640. The van der Waals surface area contributed by atoms with Crippen molar-refractivity contribution in [2.75, 3.05) is 0 Å². The number of hydrogen-bond donors (Lipinski definition) is 1. The van der Waals surface area contributed by atoms with E-state index in [2.05, 4.69) is 17.4 Å². The fourth-order valence-corrected chi connectivity index (χ4v) is 3.97. The van der Waals surface area contributed by atoms with Gasteiger partial charge in [-0.2, -0.15) is 0 Å².